The van der Waals surface area contributed by atoms with E-state index < -0.39 is 11.6 Å². The molecule has 0 radical (unpaired) electrons. The van der Waals surface area contributed by atoms with E-state index in [-0.39, 0.29) is 53.0 Å². The molecule has 35 heavy (non-hydrogen) atoms. The predicted molar refractivity (Wildman–Crippen MR) is 134 cm³/mol. The lowest BCUT2D eigenvalue weighted by Gasteiger charge is -2.27. The number of aromatic hydroxyl groups is 2. The summed E-state index contributed by atoms with van der Waals surface area (Å²) in [5.41, 5.74) is 0.726. The van der Waals surface area contributed by atoms with Crippen LogP contribution in [-0.2, 0) is 0 Å². The maximum Gasteiger partial charge on any atom is 0.200 e. The highest BCUT2D eigenvalue weighted by Gasteiger charge is 2.37. The molecule has 2 aromatic carbocycles. The van der Waals surface area contributed by atoms with Gasteiger partial charge in [0.2, 0.25) is 11.6 Å². The van der Waals surface area contributed by atoms with E-state index in [1.807, 2.05) is 13.8 Å². The summed E-state index contributed by atoms with van der Waals surface area (Å²) in [6.07, 6.45) is 0. The van der Waals surface area contributed by atoms with Gasteiger partial charge in [0.25, 0.3) is 0 Å². The molecule has 0 bridgehead atoms. The van der Waals surface area contributed by atoms with Crippen LogP contribution < -0.4 is 16.0 Å². The van der Waals surface area contributed by atoms with Gasteiger partial charge in [-0.25, -0.2) is 0 Å². The average molecular weight is 487 g/mol. The van der Waals surface area contributed by atoms with Crippen LogP contribution in [0.15, 0.2) is 24.3 Å². The van der Waals surface area contributed by atoms with Gasteiger partial charge in [0.15, 0.2) is 0 Å². The van der Waals surface area contributed by atoms with Crippen LogP contribution in [0.4, 0.5) is 11.4 Å². The quantitative estimate of drug-likeness (QED) is 0.137. The number of nitrogens with zero attached hydrogens (tertiary/aromatic N) is 1. The number of phenolic OH excluding ortho intramolecular Hbond substituents is 2. The van der Waals surface area contributed by atoms with E-state index in [0.29, 0.717) is 50.6 Å². The van der Waals surface area contributed by atoms with Gasteiger partial charge in [0, 0.05) is 56.7 Å². The Balaban J connectivity index is 1.96. The molecule has 190 valence electrons. The Morgan fingerprint density at radius 2 is 1.26 bits per heavy atom. The predicted octanol–water partition coefficient (Wildman–Crippen LogP) is 0.982. The van der Waals surface area contributed by atoms with Crippen molar-refractivity contribution in [1.82, 2.24) is 10.2 Å². The largest absolute Gasteiger partial charge is 0.507 e. The third kappa shape index (κ3) is 5.73. The average Bonchev–Trinajstić information content (AvgIpc) is 2.83. The molecule has 0 spiro atoms. The summed E-state index contributed by atoms with van der Waals surface area (Å²) in [5, 5.41) is 48.4. The number of benzene rings is 2. The van der Waals surface area contributed by atoms with Crippen molar-refractivity contribution in [3.8, 4) is 11.5 Å². The number of hydrogen-bond acceptors (Lipinski definition) is 10. The van der Waals surface area contributed by atoms with Crippen molar-refractivity contribution in [1.29, 1.82) is 0 Å². The topological polar surface area (TPSA) is 154 Å². The van der Waals surface area contributed by atoms with Crippen LogP contribution >= 0.6 is 0 Å². The van der Waals surface area contributed by atoms with Gasteiger partial charge in [-0.15, -0.1) is 0 Å². The Kier molecular flexibility index (Phi) is 9.05. The third-order valence-corrected chi connectivity index (χ3v) is 6.01. The molecule has 0 fully saturated rings. The molecule has 0 aliphatic heterocycles. The lowest BCUT2D eigenvalue weighted by atomic mass is 9.81. The summed E-state index contributed by atoms with van der Waals surface area (Å²) in [5.74, 6) is -1.84. The first-order chi connectivity index (χ1) is 16.8. The van der Waals surface area contributed by atoms with E-state index >= 15 is 0 Å². The maximum absolute atomic E-state index is 13.5. The summed E-state index contributed by atoms with van der Waals surface area (Å²) in [6.45, 7) is 7.08. The standard InChI is InChI=1S/C25H34N4O6/c1-15(2)29(12-14-31)11-9-28-17-4-3-16(27-8-7-26-10-13-30)20-21(17)25(35)23-19(33)6-5-18(32)22(23)24(20)34/h3-6,15,26-28,30-33H,7-14H2,1-2H3. The highest BCUT2D eigenvalue weighted by molar-refractivity contribution is 6.33. The minimum Gasteiger partial charge on any atom is -0.507 e. The van der Waals surface area contributed by atoms with E-state index in [2.05, 4.69) is 20.9 Å². The number of carbonyl (C=O) groups excluding carboxylic acids is 2. The molecule has 3 rings (SSSR count). The fraction of sp³-hybridized carbons (Fsp3) is 0.440. The first-order valence-corrected chi connectivity index (χ1v) is 11.8. The van der Waals surface area contributed by atoms with Gasteiger partial charge in [-0.05, 0) is 38.1 Å². The first kappa shape index (κ1) is 26.4. The molecular weight excluding hydrogens is 452 g/mol. The van der Waals surface area contributed by atoms with Crippen molar-refractivity contribution in [3.05, 3.63) is 46.5 Å². The SMILES string of the molecule is CC(C)N(CCO)CCNc1ccc(NCCNCCO)c2c1C(=O)c1c(O)ccc(O)c1C2=O. The molecule has 1 aliphatic rings. The number of carbonyl (C=O) groups is 2. The van der Waals surface area contributed by atoms with E-state index in [0.717, 1.165) is 0 Å². The lowest BCUT2D eigenvalue weighted by Crippen LogP contribution is -2.37. The molecule has 2 aromatic rings. The van der Waals surface area contributed by atoms with Gasteiger partial charge >= 0.3 is 0 Å². The molecule has 0 atom stereocenters. The monoisotopic (exact) mass is 486 g/mol. The van der Waals surface area contributed by atoms with Crippen LogP contribution in [0.2, 0.25) is 0 Å². The summed E-state index contributed by atoms with van der Waals surface area (Å²) < 4.78 is 0. The number of hydrogen-bond donors (Lipinski definition) is 7. The number of aliphatic hydroxyl groups excluding tert-OH is 2. The smallest absolute Gasteiger partial charge is 0.200 e. The van der Waals surface area contributed by atoms with Crippen LogP contribution in [0.1, 0.15) is 45.7 Å². The van der Waals surface area contributed by atoms with E-state index in [1.165, 1.54) is 12.1 Å². The normalized spacial score (nSPS) is 12.7. The Hall–Kier alpha value is -3.18. The Bertz CT molecular complexity index is 1070. The number of aliphatic hydroxyl groups is 2. The molecule has 7 N–H and O–H groups in total. The molecule has 0 aromatic heterocycles. The van der Waals surface area contributed by atoms with Crippen molar-refractivity contribution >= 4 is 22.9 Å². The van der Waals surface area contributed by atoms with Crippen LogP contribution in [-0.4, -0.2) is 95.4 Å². The number of nitrogens with one attached hydrogen (secondary N) is 3. The summed E-state index contributed by atoms with van der Waals surface area (Å²) in [7, 11) is 0. The van der Waals surface area contributed by atoms with Gasteiger partial charge in [0.1, 0.15) is 11.5 Å². The molecule has 0 saturated carbocycles. The summed E-state index contributed by atoms with van der Waals surface area (Å²) in [6, 6.07) is 6.03. The molecule has 1 aliphatic carbocycles. The second-order valence-electron chi connectivity index (χ2n) is 8.60. The highest BCUT2D eigenvalue weighted by atomic mass is 16.3. The van der Waals surface area contributed by atoms with Gasteiger partial charge in [-0.1, -0.05) is 0 Å². The fourth-order valence-corrected chi connectivity index (χ4v) is 4.24. The van der Waals surface area contributed by atoms with E-state index in [9.17, 15) is 24.9 Å². The van der Waals surface area contributed by atoms with E-state index in [1.54, 1.807) is 12.1 Å². The highest BCUT2D eigenvalue weighted by Crippen LogP contribution is 2.42. The zero-order valence-corrected chi connectivity index (χ0v) is 20.1. The van der Waals surface area contributed by atoms with Gasteiger partial charge in [0.05, 0.1) is 35.5 Å². The van der Waals surface area contributed by atoms with Crippen LogP contribution in [0.5, 0.6) is 11.5 Å². The summed E-state index contributed by atoms with van der Waals surface area (Å²) in [4.78, 5) is 29.1. The molecule has 0 saturated heterocycles. The Morgan fingerprint density at radius 3 is 1.74 bits per heavy atom. The van der Waals surface area contributed by atoms with Crippen LogP contribution in [0.25, 0.3) is 0 Å². The van der Waals surface area contributed by atoms with Crippen molar-refractivity contribution in [2.45, 2.75) is 19.9 Å². The Labute approximate surface area is 204 Å². The minimum absolute atomic E-state index is 0.00878. The van der Waals surface area contributed by atoms with Crippen LogP contribution in [0.3, 0.4) is 0 Å². The molecule has 0 unspecified atom stereocenters. The minimum atomic E-state index is -0.554. The van der Waals surface area contributed by atoms with E-state index in [4.69, 9.17) is 5.11 Å². The molecule has 0 amide bonds. The summed E-state index contributed by atoms with van der Waals surface area (Å²) >= 11 is 0. The third-order valence-electron chi connectivity index (χ3n) is 6.01. The van der Waals surface area contributed by atoms with Crippen LogP contribution in [0, 0.1) is 0 Å². The zero-order chi connectivity index (χ0) is 25.5. The van der Waals surface area contributed by atoms with Crippen molar-refractivity contribution in [3.63, 3.8) is 0 Å². The molecule has 10 heteroatoms. The van der Waals surface area contributed by atoms with Crippen molar-refractivity contribution in [2.75, 3.05) is 63.1 Å². The number of fused-ring (bicyclic) bond motifs is 2. The second-order valence-corrected chi connectivity index (χ2v) is 8.60. The van der Waals surface area contributed by atoms with Gasteiger partial charge in [-0.3, -0.25) is 14.5 Å². The molecular formula is C25H34N4O6. The fourth-order valence-electron chi connectivity index (χ4n) is 4.24. The lowest BCUT2D eigenvalue weighted by molar-refractivity contribution is 0.0975. The second kappa shape index (κ2) is 12.0. The zero-order valence-electron chi connectivity index (χ0n) is 20.1. The number of rotatable bonds is 13. The Morgan fingerprint density at radius 1 is 0.714 bits per heavy atom. The number of ketones is 2. The van der Waals surface area contributed by atoms with Crippen molar-refractivity contribution in [2.24, 2.45) is 0 Å². The van der Waals surface area contributed by atoms with Gasteiger partial charge in [-0.2, -0.15) is 0 Å². The molecule has 10 nitrogen and oxygen atoms in total. The number of phenols is 2. The maximum atomic E-state index is 13.5. The van der Waals surface area contributed by atoms with Gasteiger partial charge < -0.3 is 36.4 Å². The first-order valence-electron chi connectivity index (χ1n) is 11.8. The van der Waals surface area contributed by atoms with Crippen molar-refractivity contribution < 1.29 is 30.0 Å². The molecule has 0 heterocycles. The number of anilines is 2.